The fraction of sp³-hybridized carbons (Fsp3) is 0.611. The zero-order valence-corrected chi connectivity index (χ0v) is 15.4. The standard InChI is InChI=1S/C18H26Cl2N2O/c1-3-18(4-2,12-5-10-15(19)16(20)11-12)17(23)22-14-8-6-13(21)7-9-14/h5,10-11,13-14H,3-4,6-9,21H2,1-2H3,(H,22,23). The van der Waals surface area contributed by atoms with Crippen LogP contribution in [0.5, 0.6) is 0 Å². The maximum absolute atomic E-state index is 13.1. The van der Waals surface area contributed by atoms with E-state index in [1.165, 1.54) is 0 Å². The predicted molar refractivity (Wildman–Crippen MR) is 97.1 cm³/mol. The van der Waals surface area contributed by atoms with Gasteiger partial charge in [-0.1, -0.05) is 43.1 Å². The van der Waals surface area contributed by atoms with Crippen molar-refractivity contribution in [3.05, 3.63) is 33.8 Å². The maximum atomic E-state index is 13.1. The van der Waals surface area contributed by atoms with Crippen LogP contribution in [0.15, 0.2) is 18.2 Å². The number of hydrogen-bond donors (Lipinski definition) is 2. The van der Waals surface area contributed by atoms with E-state index < -0.39 is 5.41 Å². The van der Waals surface area contributed by atoms with Crippen LogP contribution in [-0.4, -0.2) is 18.0 Å². The molecule has 0 aliphatic heterocycles. The van der Waals surface area contributed by atoms with Gasteiger partial charge in [0.15, 0.2) is 0 Å². The van der Waals surface area contributed by atoms with Gasteiger partial charge in [-0.25, -0.2) is 0 Å². The Morgan fingerprint density at radius 2 is 1.78 bits per heavy atom. The van der Waals surface area contributed by atoms with Crippen molar-refractivity contribution in [2.45, 2.75) is 69.9 Å². The molecule has 1 aromatic rings. The summed E-state index contributed by atoms with van der Waals surface area (Å²) >= 11 is 12.2. The molecular formula is C18H26Cl2N2O. The van der Waals surface area contributed by atoms with E-state index in [9.17, 15) is 4.79 Å². The molecule has 2 rings (SSSR count). The highest BCUT2D eigenvalue weighted by Gasteiger charge is 2.38. The van der Waals surface area contributed by atoms with Crippen LogP contribution < -0.4 is 11.1 Å². The van der Waals surface area contributed by atoms with E-state index in [0.29, 0.717) is 10.0 Å². The van der Waals surface area contributed by atoms with Crippen molar-refractivity contribution in [3.63, 3.8) is 0 Å². The first-order chi connectivity index (χ1) is 10.9. The molecule has 128 valence electrons. The molecule has 0 spiro atoms. The van der Waals surface area contributed by atoms with Gasteiger partial charge in [0, 0.05) is 12.1 Å². The quantitative estimate of drug-likeness (QED) is 0.819. The smallest absolute Gasteiger partial charge is 0.230 e. The van der Waals surface area contributed by atoms with E-state index in [2.05, 4.69) is 5.32 Å². The molecule has 1 aliphatic rings. The molecule has 1 fully saturated rings. The van der Waals surface area contributed by atoms with Crippen LogP contribution in [0.25, 0.3) is 0 Å². The number of amides is 1. The third-order valence-corrected chi connectivity index (χ3v) is 5.96. The Bertz CT molecular complexity index is 550. The van der Waals surface area contributed by atoms with Crippen LogP contribution in [0.1, 0.15) is 57.9 Å². The number of benzene rings is 1. The summed E-state index contributed by atoms with van der Waals surface area (Å²) in [6, 6.07) is 6.01. The summed E-state index contributed by atoms with van der Waals surface area (Å²) in [4.78, 5) is 13.1. The molecule has 0 bridgehead atoms. The van der Waals surface area contributed by atoms with Crippen molar-refractivity contribution in [2.75, 3.05) is 0 Å². The normalized spacial score (nSPS) is 22.0. The van der Waals surface area contributed by atoms with Gasteiger partial charge in [0.05, 0.1) is 15.5 Å². The first kappa shape index (κ1) is 18.6. The highest BCUT2D eigenvalue weighted by molar-refractivity contribution is 6.42. The molecule has 0 saturated heterocycles. The molecule has 1 saturated carbocycles. The average Bonchev–Trinajstić information content (AvgIpc) is 2.54. The van der Waals surface area contributed by atoms with Crippen molar-refractivity contribution >= 4 is 29.1 Å². The molecule has 0 heterocycles. The highest BCUT2D eigenvalue weighted by atomic mass is 35.5. The lowest BCUT2D eigenvalue weighted by Crippen LogP contribution is -2.49. The van der Waals surface area contributed by atoms with E-state index in [1.807, 2.05) is 26.0 Å². The molecule has 0 atom stereocenters. The van der Waals surface area contributed by atoms with Crippen molar-refractivity contribution in [2.24, 2.45) is 5.73 Å². The predicted octanol–water partition coefficient (Wildman–Crippen LogP) is 4.44. The molecule has 23 heavy (non-hydrogen) atoms. The summed E-state index contributed by atoms with van der Waals surface area (Å²) in [5, 5.41) is 4.25. The third kappa shape index (κ3) is 4.01. The first-order valence-corrected chi connectivity index (χ1v) is 9.20. The van der Waals surface area contributed by atoms with E-state index in [4.69, 9.17) is 28.9 Å². The van der Waals surface area contributed by atoms with Gasteiger partial charge in [0.2, 0.25) is 5.91 Å². The minimum absolute atomic E-state index is 0.0846. The number of nitrogens with two attached hydrogens (primary N) is 1. The van der Waals surface area contributed by atoms with Crippen LogP contribution in [0.4, 0.5) is 0 Å². The Morgan fingerprint density at radius 1 is 1.17 bits per heavy atom. The zero-order chi connectivity index (χ0) is 17.0. The van der Waals surface area contributed by atoms with Crippen LogP contribution in [-0.2, 0) is 10.2 Å². The number of rotatable bonds is 5. The lowest BCUT2D eigenvalue weighted by molar-refractivity contribution is -0.128. The molecular weight excluding hydrogens is 331 g/mol. The topological polar surface area (TPSA) is 55.1 Å². The Kier molecular flexibility index (Phi) is 6.35. The Labute approximate surface area is 148 Å². The third-order valence-electron chi connectivity index (χ3n) is 5.22. The van der Waals surface area contributed by atoms with Gasteiger partial charge >= 0.3 is 0 Å². The molecule has 1 aliphatic carbocycles. The van der Waals surface area contributed by atoms with Gasteiger partial charge in [-0.2, -0.15) is 0 Å². The summed E-state index contributed by atoms with van der Waals surface area (Å²) in [5.74, 6) is 0.0846. The van der Waals surface area contributed by atoms with Gasteiger partial charge in [-0.05, 0) is 56.2 Å². The molecule has 1 amide bonds. The summed E-state index contributed by atoms with van der Waals surface area (Å²) < 4.78 is 0. The van der Waals surface area contributed by atoms with Crippen LogP contribution in [0.2, 0.25) is 10.0 Å². The number of halogens is 2. The number of carbonyl (C=O) groups is 1. The lowest BCUT2D eigenvalue weighted by Gasteiger charge is -2.35. The molecule has 0 radical (unpaired) electrons. The fourth-order valence-corrected chi connectivity index (χ4v) is 3.79. The number of hydrogen-bond acceptors (Lipinski definition) is 2. The minimum atomic E-state index is -0.562. The average molecular weight is 357 g/mol. The van der Waals surface area contributed by atoms with E-state index in [0.717, 1.165) is 44.1 Å². The zero-order valence-electron chi connectivity index (χ0n) is 13.9. The molecule has 3 N–H and O–H groups in total. The Balaban J connectivity index is 2.21. The van der Waals surface area contributed by atoms with Crippen molar-refractivity contribution in [3.8, 4) is 0 Å². The summed E-state index contributed by atoms with van der Waals surface area (Å²) in [6.07, 6.45) is 5.31. The van der Waals surface area contributed by atoms with Crippen molar-refractivity contribution in [1.82, 2.24) is 5.32 Å². The van der Waals surface area contributed by atoms with Gasteiger partial charge in [-0.15, -0.1) is 0 Å². The largest absolute Gasteiger partial charge is 0.353 e. The lowest BCUT2D eigenvalue weighted by atomic mass is 9.74. The van der Waals surface area contributed by atoms with Crippen molar-refractivity contribution in [1.29, 1.82) is 0 Å². The van der Waals surface area contributed by atoms with E-state index in [-0.39, 0.29) is 18.0 Å². The summed E-state index contributed by atoms with van der Waals surface area (Å²) in [5.41, 5.74) is 6.32. The molecule has 3 nitrogen and oxygen atoms in total. The fourth-order valence-electron chi connectivity index (χ4n) is 3.49. The van der Waals surface area contributed by atoms with Crippen molar-refractivity contribution < 1.29 is 4.79 Å². The Morgan fingerprint density at radius 3 is 2.30 bits per heavy atom. The van der Waals surface area contributed by atoms with Gasteiger partial charge in [0.25, 0.3) is 0 Å². The molecule has 1 aromatic carbocycles. The molecule has 0 unspecified atom stereocenters. The van der Waals surface area contributed by atoms with E-state index in [1.54, 1.807) is 6.07 Å². The summed E-state index contributed by atoms with van der Waals surface area (Å²) in [7, 11) is 0. The minimum Gasteiger partial charge on any atom is -0.353 e. The van der Waals surface area contributed by atoms with Gasteiger partial charge in [-0.3, -0.25) is 4.79 Å². The van der Waals surface area contributed by atoms with Crippen LogP contribution in [0, 0.1) is 0 Å². The summed E-state index contributed by atoms with van der Waals surface area (Å²) in [6.45, 7) is 4.09. The second kappa shape index (κ2) is 7.87. The second-order valence-electron chi connectivity index (χ2n) is 6.50. The second-order valence-corrected chi connectivity index (χ2v) is 7.32. The Hall–Kier alpha value is -0.770. The first-order valence-electron chi connectivity index (χ1n) is 8.45. The maximum Gasteiger partial charge on any atom is 0.230 e. The van der Waals surface area contributed by atoms with Crippen LogP contribution >= 0.6 is 23.2 Å². The monoisotopic (exact) mass is 356 g/mol. The number of carbonyl (C=O) groups excluding carboxylic acids is 1. The van der Waals surface area contributed by atoms with Crippen LogP contribution in [0.3, 0.4) is 0 Å². The SMILES string of the molecule is CCC(CC)(C(=O)NC1CCC(N)CC1)c1ccc(Cl)c(Cl)c1. The molecule has 0 aromatic heterocycles. The number of nitrogens with one attached hydrogen (secondary N) is 1. The molecule has 5 heteroatoms. The highest BCUT2D eigenvalue weighted by Crippen LogP contribution is 2.36. The van der Waals surface area contributed by atoms with Gasteiger partial charge < -0.3 is 11.1 Å². The van der Waals surface area contributed by atoms with E-state index >= 15 is 0 Å². The van der Waals surface area contributed by atoms with Gasteiger partial charge in [0.1, 0.15) is 0 Å².